The van der Waals surface area contributed by atoms with E-state index in [9.17, 15) is 0 Å². The summed E-state index contributed by atoms with van der Waals surface area (Å²) >= 11 is 1.78. The molecule has 3 nitrogen and oxygen atoms in total. The molecule has 2 aromatic heterocycles. The summed E-state index contributed by atoms with van der Waals surface area (Å²) in [4.78, 5) is 5.72. The number of fused-ring (bicyclic) bond motifs is 1. The van der Waals surface area contributed by atoms with Gasteiger partial charge < -0.3 is 9.73 Å². The number of rotatable bonds is 2. The highest BCUT2D eigenvalue weighted by Crippen LogP contribution is 2.31. The minimum absolute atomic E-state index is 0.823. The standard InChI is InChI=1S/C16H14N2OS/c1-10-6-14(20-9-10)11-2-3-13-12(7-11)8-19-15(13)16-17-4-5-18-16/h2-3,6-9H,4-5H2,1H3,(H,17,18). The van der Waals surface area contributed by atoms with Gasteiger partial charge in [0.25, 0.3) is 0 Å². The molecule has 0 atom stereocenters. The lowest BCUT2D eigenvalue weighted by Crippen LogP contribution is -2.18. The maximum Gasteiger partial charge on any atom is 0.176 e. The van der Waals surface area contributed by atoms with E-state index in [0.29, 0.717) is 0 Å². The van der Waals surface area contributed by atoms with E-state index in [-0.39, 0.29) is 0 Å². The van der Waals surface area contributed by atoms with Gasteiger partial charge in [-0.05, 0) is 41.6 Å². The lowest BCUT2D eigenvalue weighted by molar-refractivity contribution is 0.560. The Balaban J connectivity index is 1.81. The van der Waals surface area contributed by atoms with Crippen molar-refractivity contribution in [1.29, 1.82) is 0 Å². The first-order valence-electron chi connectivity index (χ1n) is 6.67. The van der Waals surface area contributed by atoms with Crippen LogP contribution < -0.4 is 5.32 Å². The van der Waals surface area contributed by atoms with Crippen molar-refractivity contribution < 1.29 is 4.42 Å². The normalized spacial score (nSPS) is 14.6. The van der Waals surface area contributed by atoms with Gasteiger partial charge in [-0.1, -0.05) is 6.07 Å². The molecular weight excluding hydrogens is 268 g/mol. The third kappa shape index (κ3) is 1.84. The molecule has 3 heterocycles. The first-order valence-corrected chi connectivity index (χ1v) is 7.55. The Morgan fingerprint density at radius 2 is 2.25 bits per heavy atom. The van der Waals surface area contributed by atoms with Gasteiger partial charge in [0.05, 0.1) is 12.8 Å². The van der Waals surface area contributed by atoms with Crippen LogP contribution in [0.4, 0.5) is 0 Å². The van der Waals surface area contributed by atoms with Crippen LogP contribution in [0.1, 0.15) is 11.3 Å². The molecule has 0 spiro atoms. The van der Waals surface area contributed by atoms with Crippen LogP contribution >= 0.6 is 11.3 Å². The van der Waals surface area contributed by atoms with Gasteiger partial charge in [0.2, 0.25) is 0 Å². The fourth-order valence-electron chi connectivity index (χ4n) is 2.52. The molecule has 0 bridgehead atoms. The van der Waals surface area contributed by atoms with Gasteiger partial charge in [0.1, 0.15) is 0 Å². The molecule has 0 saturated heterocycles. The number of amidine groups is 1. The summed E-state index contributed by atoms with van der Waals surface area (Å²) in [7, 11) is 0. The number of benzene rings is 1. The molecule has 1 aliphatic rings. The molecule has 3 aromatic rings. The van der Waals surface area contributed by atoms with Crippen LogP contribution in [0.5, 0.6) is 0 Å². The summed E-state index contributed by atoms with van der Waals surface area (Å²) in [5.41, 5.74) is 2.55. The summed E-state index contributed by atoms with van der Waals surface area (Å²) in [5, 5.41) is 7.68. The number of hydrogen-bond acceptors (Lipinski definition) is 4. The molecule has 0 fully saturated rings. The predicted molar refractivity (Wildman–Crippen MR) is 83.7 cm³/mol. The van der Waals surface area contributed by atoms with Crippen molar-refractivity contribution in [2.45, 2.75) is 6.92 Å². The zero-order chi connectivity index (χ0) is 13.5. The van der Waals surface area contributed by atoms with Gasteiger partial charge in [-0.2, -0.15) is 0 Å². The molecule has 100 valence electrons. The molecule has 0 saturated carbocycles. The maximum atomic E-state index is 5.71. The number of nitrogens with zero attached hydrogens (tertiary/aromatic N) is 1. The topological polar surface area (TPSA) is 37.5 Å². The van der Waals surface area contributed by atoms with E-state index in [4.69, 9.17) is 4.42 Å². The number of aliphatic imine (C=N–C) groups is 1. The molecule has 1 aromatic carbocycles. The summed E-state index contributed by atoms with van der Waals surface area (Å²) in [6.45, 7) is 3.84. The molecule has 1 aliphatic heterocycles. The number of aryl methyl sites for hydroxylation is 1. The van der Waals surface area contributed by atoms with Crippen molar-refractivity contribution in [3.8, 4) is 10.4 Å². The van der Waals surface area contributed by atoms with Crippen molar-refractivity contribution in [1.82, 2.24) is 5.32 Å². The third-order valence-electron chi connectivity index (χ3n) is 3.50. The summed E-state index contributed by atoms with van der Waals surface area (Å²) in [5.74, 6) is 1.73. The molecular formula is C16H14N2OS. The Morgan fingerprint density at radius 3 is 3.00 bits per heavy atom. The Kier molecular flexibility index (Phi) is 2.63. The van der Waals surface area contributed by atoms with Crippen LogP contribution in [0.3, 0.4) is 0 Å². The molecule has 0 aliphatic carbocycles. The smallest absolute Gasteiger partial charge is 0.176 e. The van der Waals surface area contributed by atoms with E-state index in [1.165, 1.54) is 16.0 Å². The SMILES string of the molecule is Cc1csc(-c2ccc3c(C4=NCCN4)occ3c2)c1. The Morgan fingerprint density at radius 1 is 1.30 bits per heavy atom. The molecule has 1 N–H and O–H groups in total. The van der Waals surface area contributed by atoms with Crippen LogP contribution in [0.25, 0.3) is 21.2 Å². The van der Waals surface area contributed by atoms with E-state index in [2.05, 4.69) is 46.9 Å². The van der Waals surface area contributed by atoms with Crippen LogP contribution in [0.15, 0.2) is 45.3 Å². The molecule has 0 radical (unpaired) electrons. The van der Waals surface area contributed by atoms with E-state index < -0.39 is 0 Å². The first-order chi connectivity index (χ1) is 9.81. The lowest BCUT2D eigenvalue weighted by Gasteiger charge is -2.00. The fourth-order valence-corrected chi connectivity index (χ4v) is 3.42. The summed E-state index contributed by atoms with van der Waals surface area (Å²) in [6.07, 6.45) is 1.82. The maximum absolute atomic E-state index is 5.71. The highest BCUT2D eigenvalue weighted by atomic mass is 32.1. The highest BCUT2D eigenvalue weighted by molar-refractivity contribution is 7.13. The Bertz CT molecular complexity index is 813. The number of thiophene rings is 1. The van der Waals surface area contributed by atoms with E-state index >= 15 is 0 Å². The number of hydrogen-bond donors (Lipinski definition) is 1. The number of nitrogens with one attached hydrogen (secondary N) is 1. The van der Waals surface area contributed by atoms with Gasteiger partial charge in [-0.25, -0.2) is 0 Å². The second-order valence-corrected chi connectivity index (χ2v) is 5.92. The second-order valence-electron chi connectivity index (χ2n) is 5.01. The van der Waals surface area contributed by atoms with Crippen LogP contribution in [-0.2, 0) is 0 Å². The quantitative estimate of drug-likeness (QED) is 0.776. The largest absolute Gasteiger partial charge is 0.460 e. The minimum atomic E-state index is 0.823. The van der Waals surface area contributed by atoms with Crippen molar-refractivity contribution in [2.75, 3.05) is 13.1 Å². The van der Waals surface area contributed by atoms with Crippen LogP contribution in [0, 0.1) is 6.92 Å². The molecule has 0 unspecified atom stereocenters. The lowest BCUT2D eigenvalue weighted by atomic mass is 10.1. The highest BCUT2D eigenvalue weighted by Gasteiger charge is 2.16. The fraction of sp³-hybridized carbons (Fsp3) is 0.188. The van der Waals surface area contributed by atoms with Crippen molar-refractivity contribution >= 4 is 27.9 Å². The van der Waals surface area contributed by atoms with Crippen molar-refractivity contribution in [3.05, 3.63) is 47.2 Å². The molecule has 4 rings (SSSR count). The van der Waals surface area contributed by atoms with Crippen molar-refractivity contribution in [3.63, 3.8) is 0 Å². The second kappa shape index (κ2) is 4.49. The van der Waals surface area contributed by atoms with Gasteiger partial charge in [0.15, 0.2) is 11.6 Å². The van der Waals surface area contributed by atoms with Gasteiger partial charge in [-0.3, -0.25) is 4.99 Å². The predicted octanol–water partition coefficient (Wildman–Crippen LogP) is 3.82. The molecule has 4 heteroatoms. The minimum Gasteiger partial charge on any atom is -0.460 e. The van der Waals surface area contributed by atoms with E-state index in [0.717, 1.165) is 35.5 Å². The molecule has 20 heavy (non-hydrogen) atoms. The molecule has 0 amide bonds. The Labute approximate surface area is 121 Å². The van der Waals surface area contributed by atoms with E-state index in [1.807, 2.05) is 6.26 Å². The van der Waals surface area contributed by atoms with Gasteiger partial charge in [0, 0.05) is 22.2 Å². The van der Waals surface area contributed by atoms with Crippen molar-refractivity contribution in [2.24, 2.45) is 4.99 Å². The third-order valence-corrected chi connectivity index (χ3v) is 4.60. The van der Waals surface area contributed by atoms with Crippen LogP contribution in [0.2, 0.25) is 0 Å². The van der Waals surface area contributed by atoms with Gasteiger partial charge in [-0.15, -0.1) is 11.3 Å². The van der Waals surface area contributed by atoms with Gasteiger partial charge >= 0.3 is 0 Å². The zero-order valence-corrected chi connectivity index (χ0v) is 12.0. The van der Waals surface area contributed by atoms with E-state index in [1.54, 1.807) is 11.3 Å². The number of furan rings is 1. The zero-order valence-electron chi connectivity index (χ0n) is 11.1. The monoisotopic (exact) mass is 282 g/mol. The Hall–Kier alpha value is -2.07. The first kappa shape index (κ1) is 11.7. The van der Waals surface area contributed by atoms with Crippen LogP contribution in [-0.4, -0.2) is 18.9 Å². The average molecular weight is 282 g/mol. The average Bonchev–Trinajstić information content (AvgIpc) is 3.17. The summed E-state index contributed by atoms with van der Waals surface area (Å²) in [6, 6.07) is 8.68. The summed E-state index contributed by atoms with van der Waals surface area (Å²) < 4.78 is 5.71.